The lowest BCUT2D eigenvalue weighted by Crippen LogP contribution is -1.81. The van der Waals surface area contributed by atoms with Gasteiger partial charge in [0, 0.05) is 16.5 Å². The molecule has 0 unspecified atom stereocenters. The van der Waals surface area contributed by atoms with Gasteiger partial charge in [-0.15, -0.1) is 21.5 Å². The summed E-state index contributed by atoms with van der Waals surface area (Å²) in [5.41, 5.74) is 2.76. The van der Waals surface area contributed by atoms with E-state index in [-0.39, 0.29) is 5.82 Å². The van der Waals surface area contributed by atoms with Crippen molar-refractivity contribution in [2.24, 2.45) is 0 Å². The van der Waals surface area contributed by atoms with Crippen LogP contribution in [0, 0.1) is 5.82 Å². The van der Waals surface area contributed by atoms with Crippen molar-refractivity contribution in [1.82, 2.24) is 15.2 Å². The molecule has 0 aliphatic rings. The molecule has 0 saturated carbocycles. The molecule has 7 heteroatoms. The summed E-state index contributed by atoms with van der Waals surface area (Å²) in [6.45, 7) is 0. The number of rotatable bonds is 5. The first-order valence-electron chi connectivity index (χ1n) is 7.50. The Morgan fingerprint density at radius 2 is 1.76 bits per heavy atom. The lowest BCUT2D eigenvalue weighted by Gasteiger charge is -1.95. The van der Waals surface area contributed by atoms with Gasteiger partial charge in [-0.3, -0.25) is 0 Å². The van der Waals surface area contributed by atoms with Crippen molar-refractivity contribution in [3.8, 4) is 22.7 Å². The van der Waals surface area contributed by atoms with Gasteiger partial charge < -0.3 is 4.42 Å². The lowest BCUT2D eigenvalue weighted by atomic mass is 10.2. The Bertz CT molecular complexity index is 967. The average Bonchev–Trinajstić information content (AvgIpc) is 3.31. The van der Waals surface area contributed by atoms with E-state index in [1.807, 2.05) is 35.7 Å². The second kappa shape index (κ2) is 7.16. The molecule has 0 aliphatic carbocycles. The minimum absolute atomic E-state index is 0.294. The van der Waals surface area contributed by atoms with Crippen LogP contribution in [0.5, 0.6) is 0 Å². The highest BCUT2D eigenvalue weighted by Gasteiger charge is 2.11. The first kappa shape index (κ1) is 16.0. The topological polar surface area (TPSA) is 51.8 Å². The van der Waals surface area contributed by atoms with E-state index in [9.17, 15) is 4.39 Å². The Morgan fingerprint density at radius 1 is 0.960 bits per heavy atom. The van der Waals surface area contributed by atoms with Crippen molar-refractivity contribution in [3.05, 3.63) is 71.7 Å². The molecule has 2 aromatic heterocycles. The molecular formula is C18H12FN3OS2. The van der Waals surface area contributed by atoms with Gasteiger partial charge >= 0.3 is 0 Å². The second-order valence-corrected chi connectivity index (χ2v) is 7.24. The van der Waals surface area contributed by atoms with Crippen LogP contribution >= 0.6 is 23.1 Å². The summed E-state index contributed by atoms with van der Waals surface area (Å²) >= 11 is 3.14. The number of halogens is 1. The maximum Gasteiger partial charge on any atom is 0.247 e. The molecule has 0 radical (unpaired) electrons. The molecule has 0 amide bonds. The lowest BCUT2D eigenvalue weighted by molar-refractivity contribution is 0.528. The Balaban J connectivity index is 1.42. The van der Waals surface area contributed by atoms with E-state index in [0.717, 1.165) is 15.6 Å². The molecule has 4 nitrogen and oxygen atoms in total. The molecule has 0 aliphatic heterocycles. The van der Waals surface area contributed by atoms with Gasteiger partial charge in [0.2, 0.25) is 11.8 Å². The number of thiazole rings is 1. The van der Waals surface area contributed by atoms with Crippen LogP contribution in [0.4, 0.5) is 4.39 Å². The minimum atomic E-state index is -0.294. The second-order valence-electron chi connectivity index (χ2n) is 5.16. The molecule has 0 bridgehead atoms. The van der Waals surface area contributed by atoms with Gasteiger partial charge in [0.25, 0.3) is 0 Å². The van der Waals surface area contributed by atoms with Crippen LogP contribution in [0.15, 0.2) is 68.7 Å². The molecule has 2 heterocycles. The van der Waals surface area contributed by atoms with Gasteiger partial charge in [0.1, 0.15) is 5.82 Å². The first-order valence-corrected chi connectivity index (χ1v) is 9.36. The molecule has 4 aromatic rings. The quantitative estimate of drug-likeness (QED) is 0.447. The summed E-state index contributed by atoms with van der Waals surface area (Å²) in [5.74, 6) is 1.15. The van der Waals surface area contributed by atoms with Crippen LogP contribution in [-0.4, -0.2) is 15.2 Å². The Hall–Kier alpha value is -2.51. The Labute approximate surface area is 151 Å². The minimum Gasteiger partial charge on any atom is -0.420 e. The van der Waals surface area contributed by atoms with Gasteiger partial charge in [0.15, 0.2) is 4.34 Å². The average molecular weight is 369 g/mol. The maximum atomic E-state index is 13.0. The smallest absolute Gasteiger partial charge is 0.247 e. The van der Waals surface area contributed by atoms with Crippen molar-refractivity contribution in [1.29, 1.82) is 0 Å². The third-order valence-corrected chi connectivity index (χ3v) is 5.44. The third kappa shape index (κ3) is 3.78. The summed E-state index contributed by atoms with van der Waals surface area (Å²) in [6.07, 6.45) is 0. The van der Waals surface area contributed by atoms with E-state index in [4.69, 9.17) is 4.42 Å². The monoisotopic (exact) mass is 369 g/mol. The standard InChI is InChI=1S/C18H12FN3OS2/c19-14-8-6-13(7-9-14)17-22-21-16(23-17)11-25-18-20-15(10-24-18)12-4-2-1-3-5-12/h1-10H,11H2. The van der Waals surface area contributed by atoms with Crippen LogP contribution in [0.3, 0.4) is 0 Å². The van der Waals surface area contributed by atoms with Crippen LogP contribution < -0.4 is 0 Å². The predicted octanol–water partition coefficient (Wildman–Crippen LogP) is 5.29. The fourth-order valence-corrected chi connectivity index (χ4v) is 3.88. The Morgan fingerprint density at radius 3 is 2.56 bits per heavy atom. The van der Waals surface area contributed by atoms with Gasteiger partial charge in [-0.25, -0.2) is 9.37 Å². The largest absolute Gasteiger partial charge is 0.420 e. The summed E-state index contributed by atoms with van der Waals surface area (Å²) in [6, 6.07) is 16.0. The van der Waals surface area contributed by atoms with Crippen LogP contribution in [0.25, 0.3) is 22.7 Å². The molecule has 0 N–H and O–H groups in total. The summed E-state index contributed by atoms with van der Waals surface area (Å²) in [4.78, 5) is 4.62. The first-order chi connectivity index (χ1) is 12.3. The van der Waals surface area contributed by atoms with E-state index in [2.05, 4.69) is 15.2 Å². The molecule has 0 atom stereocenters. The Kier molecular flexibility index (Phi) is 4.58. The normalized spacial score (nSPS) is 10.9. The van der Waals surface area contributed by atoms with E-state index in [0.29, 0.717) is 23.1 Å². The van der Waals surface area contributed by atoms with Crippen molar-refractivity contribution in [2.45, 2.75) is 10.1 Å². The number of aromatic nitrogens is 3. The van der Waals surface area contributed by atoms with Crippen molar-refractivity contribution < 1.29 is 8.81 Å². The number of hydrogen-bond donors (Lipinski definition) is 0. The SMILES string of the molecule is Fc1ccc(-c2nnc(CSc3nc(-c4ccccc4)cs3)o2)cc1. The van der Waals surface area contributed by atoms with Crippen molar-refractivity contribution in [2.75, 3.05) is 0 Å². The fraction of sp³-hybridized carbons (Fsp3) is 0.0556. The zero-order valence-electron chi connectivity index (χ0n) is 12.9. The van der Waals surface area contributed by atoms with E-state index >= 15 is 0 Å². The molecule has 4 rings (SSSR count). The fourth-order valence-electron chi connectivity index (χ4n) is 2.21. The van der Waals surface area contributed by atoms with Crippen LogP contribution in [0.2, 0.25) is 0 Å². The maximum absolute atomic E-state index is 13.0. The van der Waals surface area contributed by atoms with Crippen LogP contribution in [-0.2, 0) is 5.75 Å². The molecule has 2 aromatic carbocycles. The molecule has 25 heavy (non-hydrogen) atoms. The number of benzene rings is 2. The van der Waals surface area contributed by atoms with Gasteiger partial charge in [0.05, 0.1) is 11.4 Å². The third-order valence-electron chi connectivity index (χ3n) is 3.43. The van der Waals surface area contributed by atoms with Gasteiger partial charge in [-0.1, -0.05) is 42.1 Å². The van der Waals surface area contributed by atoms with E-state index < -0.39 is 0 Å². The zero-order chi connectivity index (χ0) is 17.1. The van der Waals surface area contributed by atoms with E-state index in [1.54, 1.807) is 35.2 Å². The highest BCUT2D eigenvalue weighted by Crippen LogP contribution is 2.30. The van der Waals surface area contributed by atoms with Gasteiger partial charge in [-0.05, 0) is 24.3 Å². The number of thioether (sulfide) groups is 1. The van der Waals surface area contributed by atoms with Gasteiger partial charge in [-0.2, -0.15) is 0 Å². The molecular weight excluding hydrogens is 357 g/mol. The van der Waals surface area contributed by atoms with Crippen molar-refractivity contribution >= 4 is 23.1 Å². The molecule has 124 valence electrons. The molecule has 0 saturated heterocycles. The predicted molar refractivity (Wildman–Crippen MR) is 96.8 cm³/mol. The highest BCUT2D eigenvalue weighted by atomic mass is 32.2. The summed E-state index contributed by atoms with van der Waals surface area (Å²) in [5, 5.41) is 10.1. The zero-order valence-corrected chi connectivity index (χ0v) is 14.6. The highest BCUT2D eigenvalue weighted by molar-refractivity contribution is 8.00. The molecule has 0 fully saturated rings. The summed E-state index contributed by atoms with van der Waals surface area (Å²) in [7, 11) is 0. The van der Waals surface area contributed by atoms with Crippen molar-refractivity contribution in [3.63, 3.8) is 0 Å². The number of nitrogens with zero attached hydrogens (tertiary/aromatic N) is 3. The number of hydrogen-bond acceptors (Lipinski definition) is 6. The summed E-state index contributed by atoms with van der Waals surface area (Å²) < 4.78 is 19.5. The van der Waals surface area contributed by atoms with E-state index in [1.165, 1.54) is 12.1 Å². The molecule has 0 spiro atoms. The van der Waals surface area contributed by atoms with Crippen LogP contribution in [0.1, 0.15) is 5.89 Å².